The summed E-state index contributed by atoms with van der Waals surface area (Å²) in [5.41, 5.74) is 7.40. The summed E-state index contributed by atoms with van der Waals surface area (Å²) in [5, 5.41) is 0. The van der Waals surface area contributed by atoms with Crippen molar-refractivity contribution < 1.29 is 4.79 Å². The number of carbonyl (C=O) groups is 1. The minimum absolute atomic E-state index is 0. The van der Waals surface area contributed by atoms with Gasteiger partial charge in [-0.1, -0.05) is 30.3 Å². The molecular formula is C19H28ClN3OS. The summed E-state index contributed by atoms with van der Waals surface area (Å²) in [5.74, 6) is 3.66. The van der Waals surface area contributed by atoms with Crippen LogP contribution in [0.2, 0.25) is 0 Å². The molecule has 4 rings (SSSR count). The van der Waals surface area contributed by atoms with Gasteiger partial charge in [-0.25, -0.2) is 0 Å². The van der Waals surface area contributed by atoms with Crippen molar-refractivity contribution in [2.75, 3.05) is 37.7 Å². The molecule has 4 unspecified atom stereocenters. The summed E-state index contributed by atoms with van der Waals surface area (Å²) < 4.78 is 0. The van der Waals surface area contributed by atoms with Crippen LogP contribution < -0.4 is 5.73 Å². The van der Waals surface area contributed by atoms with Gasteiger partial charge in [-0.2, -0.15) is 11.8 Å². The van der Waals surface area contributed by atoms with Gasteiger partial charge in [0.2, 0.25) is 5.91 Å². The van der Waals surface area contributed by atoms with Crippen molar-refractivity contribution in [3.05, 3.63) is 35.9 Å². The number of halogens is 1. The van der Waals surface area contributed by atoms with Crippen LogP contribution in [0.15, 0.2) is 30.3 Å². The highest BCUT2D eigenvalue weighted by Crippen LogP contribution is 2.38. The molecule has 2 aliphatic heterocycles. The minimum atomic E-state index is -0.123. The second-order valence-electron chi connectivity index (χ2n) is 7.37. The van der Waals surface area contributed by atoms with Crippen LogP contribution in [0.1, 0.15) is 24.4 Å². The van der Waals surface area contributed by atoms with Crippen molar-refractivity contribution in [3.63, 3.8) is 0 Å². The van der Waals surface area contributed by atoms with Crippen LogP contribution in [0, 0.1) is 11.8 Å². The largest absolute Gasteiger partial charge is 0.340 e. The number of nitrogens with zero attached hydrogens (tertiary/aromatic N) is 2. The minimum Gasteiger partial charge on any atom is -0.340 e. The predicted octanol–water partition coefficient (Wildman–Crippen LogP) is 2.39. The quantitative estimate of drug-likeness (QED) is 0.873. The molecule has 3 aliphatic rings. The number of hydrogen-bond donors (Lipinski definition) is 1. The molecule has 1 amide bonds. The summed E-state index contributed by atoms with van der Waals surface area (Å²) in [6, 6.07) is 10.5. The Labute approximate surface area is 160 Å². The average molecular weight is 382 g/mol. The Balaban J connectivity index is 0.00000182. The summed E-state index contributed by atoms with van der Waals surface area (Å²) in [7, 11) is 0. The van der Waals surface area contributed by atoms with Gasteiger partial charge < -0.3 is 10.6 Å². The second kappa shape index (κ2) is 8.30. The third kappa shape index (κ3) is 3.85. The first-order valence-corrected chi connectivity index (χ1v) is 10.3. The van der Waals surface area contributed by atoms with E-state index in [1.807, 2.05) is 30.0 Å². The van der Waals surface area contributed by atoms with Crippen LogP contribution in [-0.2, 0) is 4.79 Å². The topological polar surface area (TPSA) is 49.6 Å². The summed E-state index contributed by atoms with van der Waals surface area (Å²) >= 11 is 1.99. The van der Waals surface area contributed by atoms with E-state index < -0.39 is 0 Å². The molecule has 0 spiro atoms. The van der Waals surface area contributed by atoms with Crippen molar-refractivity contribution >= 4 is 30.1 Å². The average Bonchev–Trinajstić information content (AvgIpc) is 3.19. The van der Waals surface area contributed by atoms with Crippen molar-refractivity contribution in [3.8, 4) is 0 Å². The SMILES string of the molecule is Cl.NC1CCC2CN(C(=O)C(c3ccccc3)N3CCSCC3)CC12. The Morgan fingerprint density at radius 2 is 1.84 bits per heavy atom. The monoisotopic (exact) mass is 381 g/mol. The fraction of sp³-hybridized carbons (Fsp3) is 0.632. The third-order valence-corrected chi connectivity index (χ3v) is 6.93. The van der Waals surface area contributed by atoms with Crippen LogP contribution in [0.4, 0.5) is 0 Å². The molecule has 4 atom stereocenters. The number of carbonyl (C=O) groups excluding carboxylic acids is 1. The van der Waals surface area contributed by atoms with Gasteiger partial charge in [0.05, 0.1) is 0 Å². The van der Waals surface area contributed by atoms with Crippen LogP contribution >= 0.6 is 24.2 Å². The van der Waals surface area contributed by atoms with E-state index >= 15 is 0 Å². The standard InChI is InChI=1S/C19H27N3OS.ClH/c20-17-7-6-15-12-22(13-16(15)17)19(23)18(14-4-2-1-3-5-14)21-8-10-24-11-9-21;/h1-5,15-18H,6-13,20H2;1H. The molecule has 1 aromatic rings. The zero-order chi connectivity index (χ0) is 16.5. The number of benzene rings is 1. The van der Waals surface area contributed by atoms with Gasteiger partial charge in [0.1, 0.15) is 6.04 Å². The lowest BCUT2D eigenvalue weighted by atomic mass is 9.98. The molecule has 25 heavy (non-hydrogen) atoms. The number of amides is 1. The van der Waals surface area contributed by atoms with Gasteiger partial charge >= 0.3 is 0 Å². The van der Waals surface area contributed by atoms with E-state index in [-0.39, 0.29) is 30.4 Å². The smallest absolute Gasteiger partial charge is 0.244 e. The summed E-state index contributed by atoms with van der Waals surface area (Å²) in [4.78, 5) is 17.9. The van der Waals surface area contributed by atoms with Crippen LogP contribution in [0.25, 0.3) is 0 Å². The fourth-order valence-corrected chi connectivity index (χ4v) is 5.57. The molecule has 0 radical (unpaired) electrons. The van der Waals surface area contributed by atoms with Crippen LogP contribution in [0.5, 0.6) is 0 Å². The molecule has 6 heteroatoms. The molecule has 1 aliphatic carbocycles. The van der Waals surface area contributed by atoms with Crippen molar-refractivity contribution in [2.24, 2.45) is 17.6 Å². The fourth-order valence-electron chi connectivity index (χ4n) is 4.64. The number of hydrogen-bond acceptors (Lipinski definition) is 4. The first kappa shape index (κ1) is 19.0. The van der Waals surface area contributed by atoms with Crippen molar-refractivity contribution in [1.29, 1.82) is 0 Å². The molecule has 0 bridgehead atoms. The molecule has 2 N–H and O–H groups in total. The van der Waals surface area contributed by atoms with Crippen molar-refractivity contribution in [1.82, 2.24) is 9.80 Å². The van der Waals surface area contributed by atoms with Gasteiger partial charge in [-0.3, -0.25) is 9.69 Å². The molecular weight excluding hydrogens is 354 g/mol. The highest BCUT2D eigenvalue weighted by molar-refractivity contribution is 7.99. The number of nitrogens with two attached hydrogens (primary N) is 1. The van der Waals surface area contributed by atoms with E-state index in [1.54, 1.807) is 0 Å². The molecule has 1 saturated carbocycles. The maximum Gasteiger partial charge on any atom is 0.244 e. The maximum atomic E-state index is 13.4. The maximum absolute atomic E-state index is 13.4. The van der Waals surface area contributed by atoms with E-state index in [0.29, 0.717) is 11.8 Å². The lowest BCUT2D eigenvalue weighted by molar-refractivity contribution is -0.136. The van der Waals surface area contributed by atoms with E-state index in [0.717, 1.165) is 49.7 Å². The highest BCUT2D eigenvalue weighted by Gasteiger charge is 2.44. The Morgan fingerprint density at radius 1 is 1.12 bits per heavy atom. The van der Waals surface area contributed by atoms with Crippen LogP contribution in [0.3, 0.4) is 0 Å². The zero-order valence-corrected chi connectivity index (χ0v) is 16.2. The van der Waals surface area contributed by atoms with E-state index in [2.05, 4.69) is 21.9 Å². The summed E-state index contributed by atoms with van der Waals surface area (Å²) in [6.07, 6.45) is 2.31. The van der Waals surface area contributed by atoms with Gasteiger partial charge in [0, 0.05) is 43.7 Å². The Hall–Kier alpha value is -0.750. The van der Waals surface area contributed by atoms with Gasteiger partial charge in [-0.15, -0.1) is 12.4 Å². The second-order valence-corrected chi connectivity index (χ2v) is 8.59. The molecule has 3 fully saturated rings. The molecule has 2 heterocycles. The predicted molar refractivity (Wildman–Crippen MR) is 106 cm³/mol. The van der Waals surface area contributed by atoms with Gasteiger partial charge in [0.25, 0.3) is 0 Å². The van der Waals surface area contributed by atoms with Gasteiger partial charge in [0.15, 0.2) is 0 Å². The normalized spacial score (nSPS) is 30.6. The number of fused-ring (bicyclic) bond motifs is 1. The molecule has 0 aromatic heterocycles. The van der Waals surface area contributed by atoms with Crippen LogP contribution in [-0.4, -0.2) is 59.4 Å². The first-order valence-electron chi connectivity index (χ1n) is 9.15. The Morgan fingerprint density at radius 3 is 2.52 bits per heavy atom. The number of rotatable bonds is 3. The first-order chi connectivity index (χ1) is 11.7. The molecule has 1 aromatic carbocycles. The van der Waals surface area contributed by atoms with E-state index in [9.17, 15) is 4.79 Å². The molecule has 2 saturated heterocycles. The third-order valence-electron chi connectivity index (χ3n) is 5.98. The Kier molecular flexibility index (Phi) is 6.31. The number of likely N-dealkylation sites (tertiary alicyclic amines) is 1. The van der Waals surface area contributed by atoms with E-state index in [1.165, 1.54) is 6.42 Å². The summed E-state index contributed by atoms with van der Waals surface area (Å²) in [6.45, 7) is 3.76. The van der Waals surface area contributed by atoms with Crippen molar-refractivity contribution in [2.45, 2.75) is 24.9 Å². The molecule has 4 nitrogen and oxygen atoms in total. The van der Waals surface area contributed by atoms with E-state index in [4.69, 9.17) is 5.73 Å². The zero-order valence-electron chi connectivity index (χ0n) is 14.5. The van der Waals surface area contributed by atoms with Gasteiger partial charge in [-0.05, 0) is 30.2 Å². The Bertz CT molecular complexity index is 581. The number of thioether (sulfide) groups is 1. The lowest BCUT2D eigenvalue weighted by Gasteiger charge is -2.36. The molecule has 138 valence electrons. The highest BCUT2D eigenvalue weighted by atomic mass is 35.5. The lowest BCUT2D eigenvalue weighted by Crippen LogP contribution is -2.46.